The molecule has 4 nitrogen and oxygen atoms in total. The molecule has 0 amide bonds. The van der Waals surface area contributed by atoms with E-state index >= 15 is 0 Å². The van der Waals surface area contributed by atoms with Crippen LogP contribution in [-0.2, 0) is 14.6 Å². The lowest BCUT2D eigenvalue weighted by molar-refractivity contribution is -0.0255. The van der Waals surface area contributed by atoms with Gasteiger partial charge in [0, 0.05) is 19.1 Å². The van der Waals surface area contributed by atoms with E-state index in [1.807, 2.05) is 0 Å². The van der Waals surface area contributed by atoms with Crippen LogP contribution in [0, 0.1) is 0 Å². The minimum atomic E-state index is -2.75. The van der Waals surface area contributed by atoms with Crippen molar-refractivity contribution in [1.82, 2.24) is 4.90 Å². The van der Waals surface area contributed by atoms with Gasteiger partial charge in [-0.15, -0.1) is 0 Å². The number of nitrogens with zero attached hydrogens (tertiary/aromatic N) is 1. The molecule has 0 N–H and O–H groups in total. The highest BCUT2D eigenvalue weighted by Gasteiger charge is 2.30. The average Bonchev–Trinajstić information content (AvgIpc) is 2.30. The predicted molar refractivity (Wildman–Crippen MR) is 72.5 cm³/mol. The zero-order chi connectivity index (χ0) is 13.2. The molecule has 0 unspecified atom stereocenters. The topological polar surface area (TPSA) is 46.6 Å². The SMILES string of the molecule is CC(C)OC1CCC(N2CCS(=O)(=O)CC2)CC1. The highest BCUT2D eigenvalue weighted by Crippen LogP contribution is 2.26. The maximum Gasteiger partial charge on any atom is 0.152 e. The molecule has 0 aromatic carbocycles. The van der Waals surface area contributed by atoms with Crippen LogP contribution in [0.25, 0.3) is 0 Å². The molecule has 106 valence electrons. The first-order valence-electron chi connectivity index (χ1n) is 7.06. The third kappa shape index (κ3) is 3.93. The van der Waals surface area contributed by atoms with Crippen molar-refractivity contribution in [2.24, 2.45) is 0 Å². The Morgan fingerprint density at radius 1 is 1.06 bits per heavy atom. The minimum Gasteiger partial charge on any atom is -0.376 e. The van der Waals surface area contributed by atoms with Crippen molar-refractivity contribution in [1.29, 1.82) is 0 Å². The van der Waals surface area contributed by atoms with E-state index in [9.17, 15) is 8.42 Å². The van der Waals surface area contributed by atoms with E-state index in [0.29, 0.717) is 29.8 Å². The molecule has 0 aromatic rings. The summed E-state index contributed by atoms with van der Waals surface area (Å²) in [5.41, 5.74) is 0. The molecule has 0 radical (unpaired) electrons. The van der Waals surface area contributed by atoms with E-state index in [0.717, 1.165) is 38.8 Å². The van der Waals surface area contributed by atoms with Crippen LogP contribution in [0.2, 0.25) is 0 Å². The van der Waals surface area contributed by atoms with Crippen LogP contribution in [0.15, 0.2) is 0 Å². The smallest absolute Gasteiger partial charge is 0.152 e. The van der Waals surface area contributed by atoms with Crippen LogP contribution in [-0.4, -0.2) is 56.2 Å². The Labute approximate surface area is 111 Å². The van der Waals surface area contributed by atoms with Crippen LogP contribution in [0.3, 0.4) is 0 Å². The fraction of sp³-hybridized carbons (Fsp3) is 1.00. The summed E-state index contributed by atoms with van der Waals surface area (Å²) in [5.74, 6) is 0.685. The van der Waals surface area contributed by atoms with Crippen LogP contribution in [0.1, 0.15) is 39.5 Å². The van der Waals surface area contributed by atoms with Gasteiger partial charge in [0.2, 0.25) is 0 Å². The molecule has 1 heterocycles. The zero-order valence-corrected chi connectivity index (χ0v) is 12.3. The second kappa shape index (κ2) is 5.88. The van der Waals surface area contributed by atoms with Crippen LogP contribution < -0.4 is 0 Å². The Hall–Kier alpha value is -0.130. The quantitative estimate of drug-likeness (QED) is 0.782. The number of hydrogen-bond acceptors (Lipinski definition) is 4. The molecule has 0 spiro atoms. The number of hydrogen-bond donors (Lipinski definition) is 0. The highest BCUT2D eigenvalue weighted by atomic mass is 32.2. The Kier molecular flexibility index (Phi) is 4.67. The molecule has 0 aromatic heterocycles. The molecule has 0 bridgehead atoms. The monoisotopic (exact) mass is 275 g/mol. The van der Waals surface area contributed by atoms with Gasteiger partial charge in [0.1, 0.15) is 0 Å². The predicted octanol–water partition coefficient (Wildman–Crippen LogP) is 1.45. The van der Waals surface area contributed by atoms with Crippen molar-refractivity contribution >= 4 is 9.84 Å². The van der Waals surface area contributed by atoms with E-state index in [4.69, 9.17) is 4.74 Å². The standard InChI is InChI=1S/C13H25NO3S/c1-11(2)17-13-5-3-12(4-6-13)14-7-9-18(15,16)10-8-14/h11-13H,3-10H2,1-2H3. The van der Waals surface area contributed by atoms with Gasteiger partial charge in [-0.25, -0.2) is 8.42 Å². The van der Waals surface area contributed by atoms with Crippen LogP contribution in [0.5, 0.6) is 0 Å². The van der Waals surface area contributed by atoms with E-state index < -0.39 is 9.84 Å². The van der Waals surface area contributed by atoms with E-state index in [1.54, 1.807) is 0 Å². The van der Waals surface area contributed by atoms with Crippen molar-refractivity contribution < 1.29 is 13.2 Å². The minimum absolute atomic E-state index is 0.312. The number of rotatable bonds is 3. The molecule has 2 aliphatic rings. The lowest BCUT2D eigenvalue weighted by Crippen LogP contribution is -2.47. The van der Waals surface area contributed by atoms with E-state index in [2.05, 4.69) is 18.7 Å². The first-order chi connectivity index (χ1) is 8.46. The van der Waals surface area contributed by atoms with Crippen LogP contribution >= 0.6 is 0 Å². The van der Waals surface area contributed by atoms with Gasteiger partial charge in [0.25, 0.3) is 0 Å². The summed E-state index contributed by atoms with van der Waals surface area (Å²) >= 11 is 0. The van der Waals surface area contributed by atoms with Gasteiger partial charge in [-0.1, -0.05) is 0 Å². The van der Waals surface area contributed by atoms with Crippen molar-refractivity contribution in [2.45, 2.75) is 57.8 Å². The van der Waals surface area contributed by atoms with Gasteiger partial charge in [-0.05, 0) is 39.5 Å². The first-order valence-corrected chi connectivity index (χ1v) is 8.88. The van der Waals surface area contributed by atoms with Gasteiger partial charge in [0.15, 0.2) is 9.84 Å². The van der Waals surface area contributed by atoms with Gasteiger partial charge >= 0.3 is 0 Å². The van der Waals surface area contributed by atoms with Crippen LogP contribution in [0.4, 0.5) is 0 Å². The summed E-state index contributed by atoms with van der Waals surface area (Å²) in [5, 5.41) is 0. The Morgan fingerprint density at radius 2 is 1.61 bits per heavy atom. The van der Waals surface area contributed by atoms with Gasteiger partial charge in [0.05, 0.1) is 23.7 Å². The summed E-state index contributed by atoms with van der Waals surface area (Å²) in [7, 11) is -2.75. The first kappa shape index (κ1) is 14.3. The largest absolute Gasteiger partial charge is 0.376 e. The second-order valence-corrected chi connectivity index (χ2v) is 8.11. The normalized spacial score (nSPS) is 33.7. The molecule has 18 heavy (non-hydrogen) atoms. The van der Waals surface area contributed by atoms with E-state index in [1.165, 1.54) is 0 Å². The Morgan fingerprint density at radius 3 is 2.11 bits per heavy atom. The maximum atomic E-state index is 11.4. The number of sulfone groups is 1. The molecule has 1 aliphatic carbocycles. The average molecular weight is 275 g/mol. The molecule has 1 saturated carbocycles. The van der Waals surface area contributed by atoms with Crippen molar-refractivity contribution in [3.63, 3.8) is 0 Å². The van der Waals surface area contributed by atoms with Gasteiger partial charge in [-0.3, -0.25) is 4.90 Å². The summed E-state index contributed by atoms with van der Waals surface area (Å²) < 4.78 is 28.7. The van der Waals surface area contributed by atoms with E-state index in [-0.39, 0.29) is 0 Å². The molecule has 0 atom stereocenters. The molecular formula is C13H25NO3S. The molecule has 1 saturated heterocycles. The Balaban J connectivity index is 1.77. The lowest BCUT2D eigenvalue weighted by atomic mass is 9.91. The third-order valence-electron chi connectivity index (χ3n) is 4.00. The van der Waals surface area contributed by atoms with Gasteiger partial charge < -0.3 is 4.74 Å². The maximum absolute atomic E-state index is 11.4. The highest BCUT2D eigenvalue weighted by molar-refractivity contribution is 7.91. The molecule has 1 aliphatic heterocycles. The Bertz CT molecular complexity index is 344. The second-order valence-electron chi connectivity index (χ2n) is 5.80. The molecule has 2 rings (SSSR count). The summed E-state index contributed by atoms with van der Waals surface area (Å²) in [6, 6.07) is 0.576. The van der Waals surface area contributed by atoms with Gasteiger partial charge in [-0.2, -0.15) is 0 Å². The molecular weight excluding hydrogens is 250 g/mol. The molecule has 5 heteroatoms. The lowest BCUT2D eigenvalue weighted by Gasteiger charge is -2.38. The molecule has 2 fully saturated rings. The fourth-order valence-electron chi connectivity index (χ4n) is 3.02. The van der Waals surface area contributed by atoms with Crippen molar-refractivity contribution in [2.75, 3.05) is 24.6 Å². The van der Waals surface area contributed by atoms with Crippen molar-refractivity contribution in [3.8, 4) is 0 Å². The summed E-state index contributed by atoms with van der Waals surface area (Å²) in [6.45, 7) is 5.62. The zero-order valence-electron chi connectivity index (χ0n) is 11.5. The van der Waals surface area contributed by atoms with Crippen molar-refractivity contribution in [3.05, 3.63) is 0 Å². The summed E-state index contributed by atoms with van der Waals surface area (Å²) in [4.78, 5) is 2.37. The fourth-order valence-corrected chi connectivity index (χ4v) is 4.25. The summed E-state index contributed by atoms with van der Waals surface area (Å²) in [6.07, 6.45) is 5.26. The number of ether oxygens (including phenoxy) is 1. The third-order valence-corrected chi connectivity index (χ3v) is 5.61.